The standard InChI is InChI=1S/C16H17F2NO/c1-11(19-2)14-5-3-4-6-16(14)20-10-12-9-13(17)7-8-15(12)18/h3-9,11,19H,10H2,1-2H3. The molecule has 0 fully saturated rings. The lowest BCUT2D eigenvalue weighted by molar-refractivity contribution is 0.293. The highest BCUT2D eigenvalue weighted by molar-refractivity contribution is 5.36. The zero-order valence-corrected chi connectivity index (χ0v) is 11.5. The van der Waals surface area contributed by atoms with Crippen LogP contribution in [0.2, 0.25) is 0 Å². The van der Waals surface area contributed by atoms with Gasteiger partial charge in [-0.15, -0.1) is 0 Å². The summed E-state index contributed by atoms with van der Waals surface area (Å²) in [6.45, 7) is 2.00. The maximum Gasteiger partial charge on any atom is 0.130 e. The average Bonchev–Trinajstić information content (AvgIpc) is 2.47. The maximum absolute atomic E-state index is 13.5. The zero-order chi connectivity index (χ0) is 14.5. The molecule has 1 N–H and O–H groups in total. The minimum Gasteiger partial charge on any atom is -0.488 e. The summed E-state index contributed by atoms with van der Waals surface area (Å²) in [6.07, 6.45) is 0. The van der Waals surface area contributed by atoms with Gasteiger partial charge in [-0.25, -0.2) is 8.78 Å². The second-order valence-corrected chi connectivity index (χ2v) is 4.57. The molecule has 1 unspecified atom stereocenters. The molecular weight excluding hydrogens is 260 g/mol. The van der Waals surface area contributed by atoms with Crippen LogP contribution in [0, 0.1) is 11.6 Å². The highest BCUT2D eigenvalue weighted by Gasteiger charge is 2.10. The Morgan fingerprint density at radius 1 is 1.15 bits per heavy atom. The molecule has 2 rings (SSSR count). The molecule has 0 radical (unpaired) electrons. The number of ether oxygens (including phenoxy) is 1. The smallest absolute Gasteiger partial charge is 0.130 e. The van der Waals surface area contributed by atoms with Gasteiger partial charge < -0.3 is 10.1 Å². The lowest BCUT2D eigenvalue weighted by Crippen LogP contribution is -2.13. The molecule has 0 spiro atoms. The van der Waals surface area contributed by atoms with Crippen molar-refractivity contribution in [3.8, 4) is 5.75 Å². The third-order valence-electron chi connectivity index (χ3n) is 3.21. The van der Waals surface area contributed by atoms with E-state index in [1.807, 2.05) is 38.2 Å². The second-order valence-electron chi connectivity index (χ2n) is 4.57. The van der Waals surface area contributed by atoms with Gasteiger partial charge in [-0.2, -0.15) is 0 Å². The monoisotopic (exact) mass is 277 g/mol. The van der Waals surface area contributed by atoms with E-state index in [4.69, 9.17) is 4.74 Å². The van der Waals surface area contributed by atoms with Crippen molar-refractivity contribution in [3.63, 3.8) is 0 Å². The molecule has 2 aromatic rings. The lowest BCUT2D eigenvalue weighted by atomic mass is 10.1. The average molecular weight is 277 g/mol. The van der Waals surface area contributed by atoms with Gasteiger partial charge in [0.1, 0.15) is 24.0 Å². The lowest BCUT2D eigenvalue weighted by Gasteiger charge is -2.16. The van der Waals surface area contributed by atoms with Crippen molar-refractivity contribution in [2.24, 2.45) is 0 Å². The Morgan fingerprint density at radius 2 is 1.90 bits per heavy atom. The van der Waals surface area contributed by atoms with E-state index < -0.39 is 11.6 Å². The molecular formula is C16H17F2NO. The van der Waals surface area contributed by atoms with Crippen molar-refractivity contribution in [3.05, 3.63) is 65.2 Å². The SMILES string of the molecule is CNC(C)c1ccccc1OCc1cc(F)ccc1F. The summed E-state index contributed by atoms with van der Waals surface area (Å²) in [5.74, 6) is -0.273. The molecule has 0 saturated carbocycles. The number of benzene rings is 2. The maximum atomic E-state index is 13.5. The van der Waals surface area contributed by atoms with Crippen LogP contribution in [0.25, 0.3) is 0 Å². The molecule has 20 heavy (non-hydrogen) atoms. The van der Waals surface area contributed by atoms with Crippen LogP contribution in [-0.4, -0.2) is 7.05 Å². The number of rotatable bonds is 5. The molecule has 0 aliphatic rings. The van der Waals surface area contributed by atoms with E-state index in [9.17, 15) is 8.78 Å². The molecule has 0 saturated heterocycles. The minimum absolute atomic E-state index is 0.00294. The third-order valence-corrected chi connectivity index (χ3v) is 3.21. The van der Waals surface area contributed by atoms with Gasteiger partial charge in [-0.05, 0) is 38.2 Å². The second kappa shape index (κ2) is 6.48. The first-order chi connectivity index (χ1) is 9.61. The Bertz CT molecular complexity index is 586. The van der Waals surface area contributed by atoms with Crippen LogP contribution < -0.4 is 10.1 Å². The van der Waals surface area contributed by atoms with Crippen molar-refractivity contribution in [1.82, 2.24) is 5.32 Å². The summed E-state index contributed by atoms with van der Waals surface area (Å²) >= 11 is 0. The van der Waals surface area contributed by atoms with Crippen molar-refractivity contribution in [1.29, 1.82) is 0 Å². The van der Waals surface area contributed by atoms with Gasteiger partial charge >= 0.3 is 0 Å². The van der Waals surface area contributed by atoms with Gasteiger partial charge in [0.15, 0.2) is 0 Å². The molecule has 0 aliphatic carbocycles. The van der Waals surface area contributed by atoms with Crippen molar-refractivity contribution < 1.29 is 13.5 Å². The summed E-state index contributed by atoms with van der Waals surface area (Å²) in [6, 6.07) is 11.0. The predicted octanol–water partition coefficient (Wildman–Crippen LogP) is 3.82. The summed E-state index contributed by atoms with van der Waals surface area (Å²) in [5.41, 5.74) is 1.18. The fourth-order valence-corrected chi connectivity index (χ4v) is 1.93. The molecule has 2 aromatic carbocycles. The van der Waals surface area contributed by atoms with E-state index in [1.165, 1.54) is 0 Å². The van der Waals surface area contributed by atoms with Crippen molar-refractivity contribution in [2.75, 3.05) is 7.05 Å². The van der Waals surface area contributed by atoms with Crippen molar-refractivity contribution in [2.45, 2.75) is 19.6 Å². The van der Waals surface area contributed by atoms with Crippen LogP contribution in [-0.2, 0) is 6.61 Å². The molecule has 106 valence electrons. The Labute approximate surface area is 117 Å². The summed E-state index contributed by atoms with van der Waals surface area (Å²) < 4.78 is 32.3. The predicted molar refractivity (Wildman–Crippen MR) is 74.6 cm³/mol. The molecule has 4 heteroatoms. The fraction of sp³-hybridized carbons (Fsp3) is 0.250. The number of hydrogen-bond acceptors (Lipinski definition) is 2. The molecule has 0 bridgehead atoms. The highest BCUT2D eigenvalue weighted by atomic mass is 19.1. The zero-order valence-electron chi connectivity index (χ0n) is 11.5. The molecule has 0 aromatic heterocycles. The van der Waals surface area contributed by atoms with Gasteiger partial charge in [-0.1, -0.05) is 18.2 Å². The van der Waals surface area contributed by atoms with Crippen LogP contribution in [0.3, 0.4) is 0 Å². The molecule has 0 amide bonds. The highest BCUT2D eigenvalue weighted by Crippen LogP contribution is 2.25. The molecule has 2 nitrogen and oxygen atoms in total. The van der Waals surface area contributed by atoms with Gasteiger partial charge in [0.05, 0.1) is 0 Å². The van der Waals surface area contributed by atoms with Crippen LogP contribution in [0.15, 0.2) is 42.5 Å². The van der Waals surface area contributed by atoms with Crippen LogP contribution in [0.1, 0.15) is 24.1 Å². The molecule has 1 atom stereocenters. The Kier molecular flexibility index (Phi) is 4.69. The summed E-state index contributed by atoms with van der Waals surface area (Å²) in [4.78, 5) is 0. The fourth-order valence-electron chi connectivity index (χ4n) is 1.93. The largest absolute Gasteiger partial charge is 0.488 e. The van der Waals surface area contributed by atoms with Gasteiger partial charge in [-0.3, -0.25) is 0 Å². The first-order valence-corrected chi connectivity index (χ1v) is 6.44. The van der Waals surface area contributed by atoms with E-state index in [2.05, 4.69) is 5.32 Å². The molecule has 0 aliphatic heterocycles. The van der Waals surface area contributed by atoms with Crippen LogP contribution in [0.5, 0.6) is 5.75 Å². The quantitative estimate of drug-likeness (QED) is 0.897. The Hall–Kier alpha value is -1.94. The number of para-hydroxylation sites is 1. The van der Waals surface area contributed by atoms with E-state index in [1.54, 1.807) is 0 Å². The van der Waals surface area contributed by atoms with E-state index in [0.29, 0.717) is 5.75 Å². The summed E-state index contributed by atoms with van der Waals surface area (Å²) in [5, 5.41) is 3.13. The van der Waals surface area contributed by atoms with E-state index in [-0.39, 0.29) is 18.2 Å². The topological polar surface area (TPSA) is 21.3 Å². The van der Waals surface area contributed by atoms with E-state index >= 15 is 0 Å². The number of nitrogens with one attached hydrogen (secondary N) is 1. The van der Waals surface area contributed by atoms with E-state index in [0.717, 1.165) is 23.8 Å². The van der Waals surface area contributed by atoms with Gasteiger partial charge in [0, 0.05) is 17.2 Å². The van der Waals surface area contributed by atoms with Crippen LogP contribution in [0.4, 0.5) is 8.78 Å². The number of halogens is 2. The Balaban J connectivity index is 2.17. The molecule has 0 heterocycles. The normalized spacial score (nSPS) is 12.2. The number of hydrogen-bond donors (Lipinski definition) is 1. The first-order valence-electron chi connectivity index (χ1n) is 6.44. The van der Waals surface area contributed by atoms with Crippen molar-refractivity contribution >= 4 is 0 Å². The van der Waals surface area contributed by atoms with Crippen LogP contribution >= 0.6 is 0 Å². The van der Waals surface area contributed by atoms with Gasteiger partial charge in [0.2, 0.25) is 0 Å². The third kappa shape index (κ3) is 3.33. The van der Waals surface area contributed by atoms with Gasteiger partial charge in [0.25, 0.3) is 0 Å². The Morgan fingerprint density at radius 3 is 2.65 bits per heavy atom. The minimum atomic E-state index is -0.470. The summed E-state index contributed by atoms with van der Waals surface area (Å²) in [7, 11) is 1.85. The first kappa shape index (κ1) is 14.5.